The summed E-state index contributed by atoms with van der Waals surface area (Å²) in [6.07, 6.45) is 5.65. The van der Waals surface area contributed by atoms with Gasteiger partial charge in [0.1, 0.15) is 17.2 Å². The molecule has 3 amide bonds. The Labute approximate surface area is 331 Å². The summed E-state index contributed by atoms with van der Waals surface area (Å²) in [5, 5.41) is 21.2. The summed E-state index contributed by atoms with van der Waals surface area (Å²) in [7, 11) is 0. The molecular formula is C44H48N6O7. The maximum atomic E-state index is 13.0. The number of carbonyl (C=O) groups excluding carboxylic acids is 3. The number of benzene rings is 4. The minimum absolute atomic E-state index is 0.356. The lowest BCUT2D eigenvalue weighted by Gasteiger charge is -2.23. The second-order valence-corrected chi connectivity index (χ2v) is 14.7. The molecule has 0 fully saturated rings. The molecule has 13 nitrogen and oxygen atoms in total. The fourth-order valence-corrected chi connectivity index (χ4v) is 5.21. The van der Waals surface area contributed by atoms with Crippen molar-refractivity contribution in [3.05, 3.63) is 145 Å². The molecule has 57 heavy (non-hydrogen) atoms. The smallest absolute Gasteiger partial charge is 0.408 e. The summed E-state index contributed by atoms with van der Waals surface area (Å²) >= 11 is 0. The number of nitrogens with zero attached hydrogens (tertiary/aromatic N) is 2. The molecular weight excluding hydrogens is 725 g/mol. The minimum Gasteiger partial charge on any atom is -0.479 e. The number of carbonyl (C=O) groups is 4. The van der Waals surface area contributed by atoms with Gasteiger partial charge >= 0.3 is 18.2 Å². The van der Waals surface area contributed by atoms with E-state index in [1.807, 2.05) is 66.9 Å². The van der Waals surface area contributed by atoms with E-state index in [0.29, 0.717) is 16.8 Å². The summed E-state index contributed by atoms with van der Waals surface area (Å²) in [5.74, 6) is -1.49. The number of anilines is 2. The van der Waals surface area contributed by atoms with Gasteiger partial charge in [0.15, 0.2) is 6.04 Å². The van der Waals surface area contributed by atoms with E-state index >= 15 is 0 Å². The number of nitrogens with two attached hydrogens (primary N) is 1. The zero-order valence-electron chi connectivity index (χ0n) is 32.7. The maximum Gasteiger partial charge on any atom is 0.408 e. The Kier molecular flexibility index (Phi) is 14.6. The van der Waals surface area contributed by atoms with Gasteiger partial charge in [-0.25, -0.2) is 14.4 Å². The number of carboxylic acids is 1. The number of hydrogen-bond acceptors (Lipinski definition) is 9. The third-order valence-electron chi connectivity index (χ3n) is 7.67. The van der Waals surface area contributed by atoms with Crippen molar-refractivity contribution >= 4 is 57.0 Å². The molecule has 0 spiro atoms. The first-order chi connectivity index (χ1) is 27.0. The summed E-state index contributed by atoms with van der Waals surface area (Å²) < 4.78 is 10.3. The zero-order valence-corrected chi connectivity index (χ0v) is 32.7. The van der Waals surface area contributed by atoms with Crippen LogP contribution >= 0.6 is 0 Å². The van der Waals surface area contributed by atoms with Gasteiger partial charge in [-0.05, 0) is 99.8 Å². The van der Waals surface area contributed by atoms with E-state index in [9.17, 15) is 19.2 Å². The Hall–Kier alpha value is -7.02. The van der Waals surface area contributed by atoms with Crippen LogP contribution < -0.4 is 21.7 Å². The SMILES string of the molecule is CC(C)(C)OC(=O)N[C@@H](C(=O)Nc1ccc2cnccc2c1)c1ccccc1.CC(C)(C)OC(=O)N[C@@H](C(=O)O)c1ccccc1.Nc1ccc2cnccc2c1. The first kappa shape index (κ1) is 42.7. The number of nitrogens with one attached hydrogen (secondary N) is 3. The molecule has 0 aliphatic carbocycles. The van der Waals surface area contributed by atoms with Crippen LogP contribution in [0.5, 0.6) is 0 Å². The van der Waals surface area contributed by atoms with Gasteiger partial charge in [-0.3, -0.25) is 14.8 Å². The summed E-state index contributed by atoms with van der Waals surface area (Å²) in [5.41, 5.74) is 6.87. The van der Waals surface area contributed by atoms with Crippen molar-refractivity contribution in [1.29, 1.82) is 0 Å². The van der Waals surface area contributed by atoms with Gasteiger partial charge in [0.05, 0.1) is 0 Å². The molecule has 6 rings (SSSR count). The average molecular weight is 773 g/mol. The molecule has 0 radical (unpaired) electrons. The van der Waals surface area contributed by atoms with E-state index < -0.39 is 41.4 Å². The van der Waals surface area contributed by atoms with Gasteiger partial charge < -0.3 is 36.3 Å². The Bertz CT molecular complexity index is 2270. The van der Waals surface area contributed by atoms with Crippen molar-refractivity contribution in [2.45, 2.75) is 64.8 Å². The monoisotopic (exact) mass is 772 g/mol. The van der Waals surface area contributed by atoms with Gasteiger partial charge in [-0.2, -0.15) is 0 Å². The predicted molar refractivity (Wildman–Crippen MR) is 221 cm³/mol. The number of nitrogen functional groups attached to an aromatic ring is 1. The lowest BCUT2D eigenvalue weighted by Crippen LogP contribution is -2.40. The van der Waals surface area contributed by atoms with Crippen molar-refractivity contribution in [3.8, 4) is 0 Å². The van der Waals surface area contributed by atoms with Crippen molar-refractivity contribution in [2.24, 2.45) is 0 Å². The molecule has 6 aromatic rings. The third-order valence-corrected chi connectivity index (χ3v) is 7.67. The number of carboxylic acid groups (broad SMARTS) is 1. The number of fused-ring (bicyclic) bond motifs is 2. The molecule has 2 heterocycles. The second kappa shape index (κ2) is 19.5. The van der Waals surface area contributed by atoms with Crippen LogP contribution in [0.2, 0.25) is 0 Å². The van der Waals surface area contributed by atoms with Gasteiger partial charge in [0, 0.05) is 46.9 Å². The summed E-state index contributed by atoms with van der Waals surface area (Å²) in [6.45, 7) is 10.5. The van der Waals surface area contributed by atoms with Crippen molar-refractivity contribution in [3.63, 3.8) is 0 Å². The number of aliphatic carboxylic acids is 1. The van der Waals surface area contributed by atoms with E-state index in [0.717, 1.165) is 27.2 Å². The Morgan fingerprint density at radius 1 is 0.596 bits per heavy atom. The van der Waals surface area contributed by atoms with Crippen molar-refractivity contribution in [1.82, 2.24) is 20.6 Å². The number of amides is 3. The van der Waals surface area contributed by atoms with Crippen LogP contribution in [0.3, 0.4) is 0 Å². The maximum absolute atomic E-state index is 13.0. The topological polar surface area (TPSA) is 195 Å². The average Bonchev–Trinajstić information content (AvgIpc) is 3.15. The van der Waals surface area contributed by atoms with Crippen LogP contribution in [-0.4, -0.2) is 50.3 Å². The van der Waals surface area contributed by atoms with Gasteiger partial charge in [-0.1, -0.05) is 72.8 Å². The molecule has 6 N–H and O–H groups in total. The lowest BCUT2D eigenvalue weighted by molar-refractivity contribution is -0.139. The Morgan fingerprint density at radius 2 is 1.05 bits per heavy atom. The highest BCUT2D eigenvalue weighted by atomic mass is 16.6. The van der Waals surface area contributed by atoms with E-state index in [4.69, 9.17) is 20.3 Å². The number of alkyl carbamates (subject to hydrolysis) is 2. The number of ether oxygens (including phenoxy) is 2. The molecule has 2 atom stereocenters. The largest absolute Gasteiger partial charge is 0.479 e. The van der Waals surface area contributed by atoms with Gasteiger partial charge in [0.25, 0.3) is 5.91 Å². The van der Waals surface area contributed by atoms with E-state index in [2.05, 4.69) is 25.9 Å². The van der Waals surface area contributed by atoms with Crippen LogP contribution in [0.1, 0.15) is 64.8 Å². The van der Waals surface area contributed by atoms with E-state index in [1.54, 1.807) is 109 Å². The molecule has 4 aromatic carbocycles. The predicted octanol–water partition coefficient (Wildman–Crippen LogP) is 8.59. The highest BCUT2D eigenvalue weighted by molar-refractivity contribution is 5.99. The molecule has 0 saturated carbocycles. The Balaban J connectivity index is 0.000000211. The second-order valence-electron chi connectivity index (χ2n) is 14.7. The fraction of sp³-hybridized carbons (Fsp3) is 0.227. The van der Waals surface area contributed by atoms with Crippen LogP contribution in [0.4, 0.5) is 21.0 Å². The normalized spacial score (nSPS) is 12.0. The highest BCUT2D eigenvalue weighted by Crippen LogP contribution is 2.22. The van der Waals surface area contributed by atoms with Gasteiger partial charge in [-0.15, -0.1) is 0 Å². The number of aromatic nitrogens is 2. The fourth-order valence-electron chi connectivity index (χ4n) is 5.21. The first-order valence-corrected chi connectivity index (χ1v) is 18.0. The highest BCUT2D eigenvalue weighted by Gasteiger charge is 2.27. The van der Waals surface area contributed by atoms with E-state index in [1.165, 1.54) is 0 Å². The zero-order chi connectivity index (χ0) is 41.6. The van der Waals surface area contributed by atoms with Crippen LogP contribution in [0, 0.1) is 0 Å². The number of rotatable bonds is 7. The first-order valence-electron chi connectivity index (χ1n) is 18.0. The van der Waals surface area contributed by atoms with E-state index in [-0.39, 0.29) is 5.91 Å². The van der Waals surface area contributed by atoms with Gasteiger partial charge in [0.2, 0.25) is 0 Å². The van der Waals surface area contributed by atoms with Crippen molar-refractivity contribution < 1.29 is 33.8 Å². The van der Waals surface area contributed by atoms with Crippen molar-refractivity contribution in [2.75, 3.05) is 11.1 Å². The van der Waals surface area contributed by atoms with Crippen LogP contribution in [0.25, 0.3) is 21.5 Å². The Morgan fingerprint density at radius 3 is 1.54 bits per heavy atom. The summed E-state index contributed by atoms with van der Waals surface area (Å²) in [4.78, 5) is 56.0. The van der Waals surface area contributed by atoms with Crippen LogP contribution in [0.15, 0.2) is 134 Å². The molecule has 296 valence electrons. The van der Waals surface area contributed by atoms with Crippen LogP contribution in [-0.2, 0) is 19.1 Å². The third kappa shape index (κ3) is 14.3. The quantitative estimate of drug-likeness (QED) is 0.0981. The molecule has 0 aliphatic rings. The molecule has 0 bridgehead atoms. The molecule has 13 heteroatoms. The number of pyridine rings is 2. The molecule has 0 aliphatic heterocycles. The minimum atomic E-state index is -1.13. The summed E-state index contributed by atoms with van der Waals surface area (Å²) in [6, 6.07) is 30.7. The standard InChI is InChI=1S/C22H23N3O3.C13H17NO4.C9H8N2/c1-22(2,3)28-21(27)25-19(15-7-5-4-6-8-15)20(26)24-18-10-9-17-14-23-12-11-16(17)13-18;1-13(2,3)18-12(17)14-10(11(15)16)9-7-5-4-6-8-9;10-9-2-1-8-6-11-4-3-7(8)5-9/h4-14,19H,1-3H3,(H,24,26)(H,25,27);4-8,10H,1-3H3,(H,14,17)(H,15,16);1-6H,10H2/t19-;10-;/m11./s1. The lowest BCUT2D eigenvalue weighted by atomic mass is 10.1. The molecule has 0 saturated heterocycles. The molecule has 0 unspecified atom stereocenters. The molecule has 2 aromatic heterocycles. The number of hydrogen-bond donors (Lipinski definition) is 5.